The van der Waals surface area contributed by atoms with Gasteiger partial charge in [-0.15, -0.1) is 0 Å². The minimum absolute atomic E-state index is 0.0906. The summed E-state index contributed by atoms with van der Waals surface area (Å²) in [7, 11) is 0. The number of benzene rings is 1. The molecule has 0 bridgehead atoms. The molecular weight excluding hydrogens is 264 g/mol. The average molecular weight is 288 g/mol. The number of fused-ring (bicyclic) bond motifs is 1. The Labute approximate surface area is 125 Å². The Morgan fingerprint density at radius 2 is 2.05 bits per heavy atom. The van der Waals surface area contributed by atoms with Gasteiger partial charge in [-0.1, -0.05) is 13.3 Å². The summed E-state index contributed by atoms with van der Waals surface area (Å²) in [4.78, 5) is 15.3. The Balaban J connectivity index is 2.16. The van der Waals surface area contributed by atoms with E-state index >= 15 is 0 Å². The zero-order valence-corrected chi connectivity index (χ0v) is 13.2. The summed E-state index contributed by atoms with van der Waals surface area (Å²) in [5.74, 6) is 0.743. The van der Waals surface area contributed by atoms with Crippen LogP contribution in [-0.4, -0.2) is 23.0 Å². The Morgan fingerprint density at radius 3 is 2.71 bits per heavy atom. The maximum atomic E-state index is 12.2. The standard InChI is InChI=1S/C17H24N2O2/c1-5-6-9-21-13-8-7-12-10-15(18-14(12)11-13)16(20)19-17(2,3)4/h7-8,10-11,18H,5-6,9H2,1-4H3,(H,19,20). The number of hydrogen-bond acceptors (Lipinski definition) is 2. The van der Waals surface area contributed by atoms with E-state index in [9.17, 15) is 4.79 Å². The molecule has 1 aromatic carbocycles. The first-order chi connectivity index (χ1) is 9.89. The van der Waals surface area contributed by atoms with E-state index in [1.807, 2.05) is 45.0 Å². The van der Waals surface area contributed by atoms with Gasteiger partial charge in [0.15, 0.2) is 0 Å². The van der Waals surface area contributed by atoms with Crippen molar-refractivity contribution in [3.8, 4) is 5.75 Å². The molecule has 0 fully saturated rings. The molecular formula is C17H24N2O2. The van der Waals surface area contributed by atoms with E-state index < -0.39 is 0 Å². The lowest BCUT2D eigenvalue weighted by molar-refractivity contribution is 0.0915. The molecule has 2 rings (SSSR count). The molecule has 0 aliphatic carbocycles. The maximum absolute atomic E-state index is 12.2. The van der Waals surface area contributed by atoms with E-state index in [2.05, 4.69) is 17.2 Å². The Kier molecular flexibility index (Phi) is 4.56. The molecule has 21 heavy (non-hydrogen) atoms. The molecule has 2 N–H and O–H groups in total. The number of aromatic nitrogens is 1. The zero-order chi connectivity index (χ0) is 15.5. The highest BCUT2D eigenvalue weighted by Gasteiger charge is 2.17. The van der Waals surface area contributed by atoms with Crippen LogP contribution in [0.5, 0.6) is 5.75 Å². The van der Waals surface area contributed by atoms with Crippen LogP contribution in [0.4, 0.5) is 0 Å². The summed E-state index contributed by atoms with van der Waals surface area (Å²) < 4.78 is 5.68. The average Bonchev–Trinajstić information content (AvgIpc) is 2.80. The number of ether oxygens (including phenoxy) is 1. The van der Waals surface area contributed by atoms with Gasteiger partial charge in [0.1, 0.15) is 11.4 Å². The van der Waals surface area contributed by atoms with Crippen molar-refractivity contribution in [2.75, 3.05) is 6.61 Å². The number of rotatable bonds is 5. The van der Waals surface area contributed by atoms with E-state index in [1.165, 1.54) is 0 Å². The third-order valence-corrected chi connectivity index (χ3v) is 3.09. The van der Waals surface area contributed by atoms with Crippen molar-refractivity contribution < 1.29 is 9.53 Å². The topological polar surface area (TPSA) is 54.1 Å². The van der Waals surface area contributed by atoms with Crippen LogP contribution in [-0.2, 0) is 0 Å². The molecule has 4 heteroatoms. The number of carbonyl (C=O) groups is 1. The monoisotopic (exact) mass is 288 g/mol. The molecule has 1 heterocycles. The van der Waals surface area contributed by atoms with Gasteiger partial charge < -0.3 is 15.0 Å². The number of carbonyl (C=O) groups excluding carboxylic acids is 1. The van der Waals surface area contributed by atoms with Crippen LogP contribution in [0.3, 0.4) is 0 Å². The summed E-state index contributed by atoms with van der Waals surface area (Å²) in [6, 6.07) is 7.73. The first kappa shape index (κ1) is 15.4. The second kappa shape index (κ2) is 6.20. The van der Waals surface area contributed by atoms with Crippen molar-refractivity contribution in [3.05, 3.63) is 30.0 Å². The zero-order valence-electron chi connectivity index (χ0n) is 13.2. The lowest BCUT2D eigenvalue weighted by Crippen LogP contribution is -2.40. The minimum Gasteiger partial charge on any atom is -0.494 e. The summed E-state index contributed by atoms with van der Waals surface area (Å²) in [6.45, 7) is 8.76. The van der Waals surface area contributed by atoms with Crippen molar-refractivity contribution in [2.45, 2.75) is 46.1 Å². The quantitative estimate of drug-likeness (QED) is 0.820. The number of H-pyrrole nitrogens is 1. The van der Waals surface area contributed by atoms with Gasteiger partial charge >= 0.3 is 0 Å². The predicted molar refractivity (Wildman–Crippen MR) is 85.9 cm³/mol. The summed E-state index contributed by atoms with van der Waals surface area (Å²) in [5.41, 5.74) is 1.25. The van der Waals surface area contributed by atoms with Crippen LogP contribution in [0.2, 0.25) is 0 Å². The van der Waals surface area contributed by atoms with E-state index in [4.69, 9.17) is 4.74 Å². The SMILES string of the molecule is CCCCOc1ccc2cc(C(=O)NC(C)(C)C)[nH]c2c1. The lowest BCUT2D eigenvalue weighted by atomic mass is 10.1. The second-order valence-electron chi connectivity index (χ2n) is 6.34. The molecule has 1 aromatic heterocycles. The molecule has 0 aliphatic heterocycles. The number of hydrogen-bond donors (Lipinski definition) is 2. The fourth-order valence-electron chi connectivity index (χ4n) is 2.06. The van der Waals surface area contributed by atoms with E-state index in [1.54, 1.807) is 0 Å². The lowest BCUT2D eigenvalue weighted by Gasteiger charge is -2.19. The van der Waals surface area contributed by atoms with E-state index in [0.717, 1.165) is 36.1 Å². The molecule has 1 amide bonds. The number of unbranched alkanes of at least 4 members (excludes halogenated alkanes) is 1. The third kappa shape index (κ3) is 4.25. The molecule has 0 unspecified atom stereocenters. The highest BCUT2D eigenvalue weighted by Crippen LogP contribution is 2.22. The fraction of sp³-hybridized carbons (Fsp3) is 0.471. The molecule has 4 nitrogen and oxygen atoms in total. The second-order valence-corrected chi connectivity index (χ2v) is 6.34. The molecule has 114 valence electrons. The van der Waals surface area contributed by atoms with Gasteiger partial charge in [0.25, 0.3) is 5.91 Å². The number of nitrogens with one attached hydrogen (secondary N) is 2. The van der Waals surface area contributed by atoms with E-state index in [0.29, 0.717) is 5.69 Å². The van der Waals surface area contributed by atoms with Gasteiger partial charge in [-0.3, -0.25) is 4.79 Å². The Morgan fingerprint density at radius 1 is 1.29 bits per heavy atom. The van der Waals surface area contributed by atoms with Crippen LogP contribution >= 0.6 is 0 Å². The summed E-state index contributed by atoms with van der Waals surface area (Å²) in [6.07, 6.45) is 2.16. The first-order valence-corrected chi connectivity index (χ1v) is 7.47. The molecule has 0 aliphatic rings. The van der Waals surface area contributed by atoms with Crippen molar-refractivity contribution in [1.29, 1.82) is 0 Å². The van der Waals surface area contributed by atoms with E-state index in [-0.39, 0.29) is 11.4 Å². The largest absolute Gasteiger partial charge is 0.494 e. The first-order valence-electron chi connectivity index (χ1n) is 7.47. The Bertz CT molecular complexity index is 623. The molecule has 0 atom stereocenters. The highest BCUT2D eigenvalue weighted by molar-refractivity contribution is 5.98. The van der Waals surface area contributed by atoms with Crippen LogP contribution in [0, 0.1) is 0 Å². The molecule has 0 saturated carbocycles. The normalized spacial score (nSPS) is 11.6. The van der Waals surface area contributed by atoms with Crippen molar-refractivity contribution in [2.24, 2.45) is 0 Å². The molecule has 0 radical (unpaired) electrons. The van der Waals surface area contributed by atoms with Crippen molar-refractivity contribution >= 4 is 16.8 Å². The summed E-state index contributed by atoms with van der Waals surface area (Å²) >= 11 is 0. The molecule has 0 saturated heterocycles. The fourth-order valence-corrected chi connectivity index (χ4v) is 2.06. The van der Waals surface area contributed by atoms with Crippen molar-refractivity contribution in [1.82, 2.24) is 10.3 Å². The van der Waals surface area contributed by atoms with Crippen LogP contribution < -0.4 is 10.1 Å². The third-order valence-electron chi connectivity index (χ3n) is 3.09. The summed E-state index contributed by atoms with van der Waals surface area (Å²) in [5, 5.41) is 3.96. The number of aromatic amines is 1. The van der Waals surface area contributed by atoms with Crippen molar-refractivity contribution in [3.63, 3.8) is 0 Å². The number of amides is 1. The van der Waals surface area contributed by atoms with Gasteiger partial charge in [0.2, 0.25) is 0 Å². The Hall–Kier alpha value is -1.97. The molecule has 0 spiro atoms. The van der Waals surface area contributed by atoms with Crippen LogP contribution in [0.1, 0.15) is 51.0 Å². The predicted octanol–water partition coefficient (Wildman–Crippen LogP) is 3.88. The highest BCUT2D eigenvalue weighted by atomic mass is 16.5. The van der Waals surface area contributed by atoms with Crippen LogP contribution in [0.25, 0.3) is 10.9 Å². The minimum atomic E-state index is -0.247. The van der Waals surface area contributed by atoms with Gasteiger partial charge in [0.05, 0.1) is 6.61 Å². The smallest absolute Gasteiger partial charge is 0.268 e. The maximum Gasteiger partial charge on any atom is 0.268 e. The van der Waals surface area contributed by atoms with Gasteiger partial charge in [-0.05, 0) is 45.4 Å². The van der Waals surface area contributed by atoms with Crippen LogP contribution in [0.15, 0.2) is 24.3 Å². The van der Waals surface area contributed by atoms with Gasteiger partial charge in [0, 0.05) is 22.5 Å². The molecule has 2 aromatic rings. The van der Waals surface area contributed by atoms with Gasteiger partial charge in [-0.25, -0.2) is 0 Å². The van der Waals surface area contributed by atoms with Gasteiger partial charge in [-0.2, -0.15) is 0 Å².